The fraction of sp³-hybridized carbons (Fsp3) is 0.304. The van der Waals surface area contributed by atoms with Gasteiger partial charge in [-0.05, 0) is 67.9 Å². The van der Waals surface area contributed by atoms with Gasteiger partial charge in [-0.25, -0.2) is 9.97 Å². The summed E-state index contributed by atoms with van der Waals surface area (Å²) < 4.78 is 5.27. The molecule has 2 aliphatic rings. The van der Waals surface area contributed by atoms with Crippen LogP contribution in [0.4, 0.5) is 11.6 Å². The molecule has 28 heavy (non-hydrogen) atoms. The Hall–Kier alpha value is -2.92. The Kier molecular flexibility index (Phi) is 4.24. The Morgan fingerprint density at radius 1 is 1.00 bits per heavy atom. The number of rotatable bonds is 3. The van der Waals surface area contributed by atoms with Crippen molar-refractivity contribution in [2.75, 3.05) is 31.6 Å². The SMILES string of the molecule is COc1ccc(-c2ccnc(N3CC4(CCNCC4)c4ccccc43)n2)cc1. The van der Waals surface area contributed by atoms with Crippen LogP contribution in [0.2, 0.25) is 0 Å². The highest BCUT2D eigenvalue weighted by Gasteiger charge is 2.44. The van der Waals surface area contributed by atoms with Gasteiger partial charge in [-0.3, -0.25) is 0 Å². The minimum Gasteiger partial charge on any atom is -0.497 e. The van der Waals surface area contributed by atoms with Crippen LogP contribution < -0.4 is 15.0 Å². The summed E-state index contributed by atoms with van der Waals surface area (Å²) in [6.45, 7) is 3.07. The Morgan fingerprint density at radius 2 is 1.79 bits per heavy atom. The summed E-state index contributed by atoms with van der Waals surface area (Å²) in [5, 5.41) is 3.50. The first-order valence-electron chi connectivity index (χ1n) is 9.84. The van der Waals surface area contributed by atoms with Crippen molar-refractivity contribution in [3.05, 3.63) is 66.4 Å². The molecule has 0 aliphatic carbocycles. The maximum atomic E-state index is 5.27. The molecule has 1 fully saturated rings. The molecule has 1 spiro atoms. The number of fused-ring (bicyclic) bond motifs is 2. The van der Waals surface area contributed by atoms with Crippen LogP contribution in [0, 0.1) is 0 Å². The Balaban J connectivity index is 1.53. The van der Waals surface area contributed by atoms with Gasteiger partial charge in [-0.1, -0.05) is 18.2 Å². The largest absolute Gasteiger partial charge is 0.497 e. The van der Waals surface area contributed by atoms with E-state index in [4.69, 9.17) is 9.72 Å². The molecule has 1 aromatic heterocycles. The highest BCUT2D eigenvalue weighted by atomic mass is 16.5. The van der Waals surface area contributed by atoms with Crippen molar-refractivity contribution >= 4 is 11.6 Å². The summed E-state index contributed by atoms with van der Waals surface area (Å²) in [6, 6.07) is 18.7. The zero-order valence-corrected chi connectivity index (χ0v) is 16.1. The molecule has 0 unspecified atom stereocenters. The fourth-order valence-electron chi connectivity index (χ4n) is 4.54. The number of methoxy groups -OCH3 is 1. The van der Waals surface area contributed by atoms with Crippen LogP contribution in [-0.2, 0) is 5.41 Å². The molecule has 142 valence electrons. The number of para-hydroxylation sites is 1. The maximum Gasteiger partial charge on any atom is 0.230 e. The Bertz CT molecular complexity index is 980. The molecular formula is C23H24N4O. The minimum absolute atomic E-state index is 0.196. The summed E-state index contributed by atoms with van der Waals surface area (Å²) in [5.74, 6) is 1.62. The first-order chi connectivity index (χ1) is 13.8. The second-order valence-corrected chi connectivity index (χ2v) is 7.60. The molecule has 0 radical (unpaired) electrons. The lowest BCUT2D eigenvalue weighted by atomic mass is 9.75. The third kappa shape index (κ3) is 2.83. The average molecular weight is 372 g/mol. The van der Waals surface area contributed by atoms with E-state index in [1.807, 2.05) is 36.5 Å². The van der Waals surface area contributed by atoms with E-state index in [0.29, 0.717) is 0 Å². The zero-order chi connectivity index (χ0) is 19.0. The van der Waals surface area contributed by atoms with Gasteiger partial charge in [-0.2, -0.15) is 0 Å². The molecule has 0 bridgehead atoms. The summed E-state index contributed by atoms with van der Waals surface area (Å²) in [4.78, 5) is 11.8. The third-order valence-corrected chi connectivity index (χ3v) is 6.06. The van der Waals surface area contributed by atoms with Crippen LogP contribution in [0.3, 0.4) is 0 Å². The van der Waals surface area contributed by atoms with Crippen molar-refractivity contribution in [3.8, 4) is 17.0 Å². The topological polar surface area (TPSA) is 50.3 Å². The Morgan fingerprint density at radius 3 is 2.57 bits per heavy atom. The van der Waals surface area contributed by atoms with Gasteiger partial charge in [0.05, 0.1) is 12.8 Å². The molecular weight excluding hydrogens is 348 g/mol. The first kappa shape index (κ1) is 17.2. The van der Waals surface area contributed by atoms with E-state index < -0.39 is 0 Å². The number of hydrogen-bond acceptors (Lipinski definition) is 5. The molecule has 0 saturated carbocycles. The third-order valence-electron chi connectivity index (χ3n) is 6.06. The molecule has 0 amide bonds. The Labute approximate surface area is 165 Å². The van der Waals surface area contributed by atoms with E-state index in [9.17, 15) is 0 Å². The number of ether oxygens (including phenoxy) is 1. The number of aromatic nitrogens is 2. The standard InChI is InChI=1S/C23H24N4O/c1-28-18-8-6-17(7-9-18)20-10-13-25-22(26-20)27-16-23(11-14-24-15-12-23)19-4-2-3-5-21(19)27/h2-10,13,24H,11-12,14-16H2,1H3. The van der Waals surface area contributed by atoms with Crippen LogP contribution in [0.25, 0.3) is 11.3 Å². The highest BCUT2D eigenvalue weighted by Crippen LogP contribution is 2.48. The maximum absolute atomic E-state index is 5.27. The minimum atomic E-state index is 0.196. The smallest absolute Gasteiger partial charge is 0.230 e. The lowest BCUT2D eigenvalue weighted by Crippen LogP contribution is -2.42. The normalized spacial score (nSPS) is 17.5. The fourth-order valence-corrected chi connectivity index (χ4v) is 4.54. The zero-order valence-electron chi connectivity index (χ0n) is 16.1. The van der Waals surface area contributed by atoms with Gasteiger partial charge in [0.15, 0.2) is 0 Å². The first-order valence-corrected chi connectivity index (χ1v) is 9.84. The quantitative estimate of drug-likeness (QED) is 0.755. The van der Waals surface area contributed by atoms with Crippen molar-refractivity contribution in [2.24, 2.45) is 0 Å². The summed E-state index contributed by atoms with van der Waals surface area (Å²) in [7, 11) is 1.68. The summed E-state index contributed by atoms with van der Waals surface area (Å²) >= 11 is 0. The van der Waals surface area contributed by atoms with Crippen molar-refractivity contribution in [1.29, 1.82) is 0 Å². The average Bonchev–Trinajstić information content (AvgIpc) is 3.08. The van der Waals surface area contributed by atoms with Crippen molar-refractivity contribution in [1.82, 2.24) is 15.3 Å². The molecule has 3 heterocycles. The number of piperidine rings is 1. The number of anilines is 2. The molecule has 2 aromatic carbocycles. The number of benzene rings is 2. The van der Waals surface area contributed by atoms with Gasteiger partial charge in [0.1, 0.15) is 5.75 Å². The van der Waals surface area contributed by atoms with Crippen LogP contribution in [0.1, 0.15) is 18.4 Å². The molecule has 2 aliphatic heterocycles. The molecule has 5 heteroatoms. The lowest BCUT2D eigenvalue weighted by Gasteiger charge is -2.34. The predicted octanol–water partition coefficient (Wildman–Crippen LogP) is 3.93. The van der Waals surface area contributed by atoms with Crippen LogP contribution in [0.15, 0.2) is 60.8 Å². The van der Waals surface area contributed by atoms with Gasteiger partial charge in [0.2, 0.25) is 5.95 Å². The van der Waals surface area contributed by atoms with E-state index in [2.05, 4.69) is 39.5 Å². The van der Waals surface area contributed by atoms with Crippen molar-refractivity contribution < 1.29 is 4.74 Å². The number of nitrogens with zero attached hydrogens (tertiary/aromatic N) is 3. The second kappa shape index (κ2) is 6.91. The van der Waals surface area contributed by atoms with E-state index in [0.717, 1.165) is 55.4 Å². The molecule has 1 saturated heterocycles. The van der Waals surface area contributed by atoms with E-state index in [-0.39, 0.29) is 5.41 Å². The van der Waals surface area contributed by atoms with E-state index >= 15 is 0 Å². The summed E-state index contributed by atoms with van der Waals surface area (Å²) in [6.07, 6.45) is 4.16. The van der Waals surface area contributed by atoms with Gasteiger partial charge < -0.3 is 15.0 Å². The van der Waals surface area contributed by atoms with Crippen molar-refractivity contribution in [2.45, 2.75) is 18.3 Å². The van der Waals surface area contributed by atoms with Gasteiger partial charge in [0.25, 0.3) is 0 Å². The van der Waals surface area contributed by atoms with Crippen LogP contribution in [-0.4, -0.2) is 36.7 Å². The number of hydrogen-bond donors (Lipinski definition) is 1. The van der Waals surface area contributed by atoms with Gasteiger partial charge >= 0.3 is 0 Å². The van der Waals surface area contributed by atoms with Crippen LogP contribution in [0.5, 0.6) is 5.75 Å². The molecule has 1 N–H and O–H groups in total. The second-order valence-electron chi connectivity index (χ2n) is 7.60. The van der Waals surface area contributed by atoms with E-state index in [1.165, 1.54) is 11.3 Å². The molecule has 0 atom stereocenters. The van der Waals surface area contributed by atoms with Crippen molar-refractivity contribution in [3.63, 3.8) is 0 Å². The monoisotopic (exact) mass is 372 g/mol. The van der Waals surface area contributed by atoms with Gasteiger partial charge in [-0.15, -0.1) is 0 Å². The lowest BCUT2D eigenvalue weighted by molar-refractivity contribution is 0.329. The molecule has 5 rings (SSSR count). The summed E-state index contributed by atoms with van der Waals surface area (Å²) in [5.41, 5.74) is 4.87. The van der Waals surface area contributed by atoms with Crippen LogP contribution >= 0.6 is 0 Å². The van der Waals surface area contributed by atoms with E-state index in [1.54, 1.807) is 7.11 Å². The molecule has 3 aromatic rings. The predicted molar refractivity (Wildman–Crippen MR) is 111 cm³/mol. The number of nitrogens with one attached hydrogen (secondary N) is 1. The highest BCUT2D eigenvalue weighted by molar-refractivity contribution is 5.71. The van der Waals surface area contributed by atoms with Gasteiger partial charge in [0, 0.05) is 29.4 Å². The molecule has 5 nitrogen and oxygen atoms in total.